The predicted molar refractivity (Wildman–Crippen MR) is 59.6 cm³/mol. The summed E-state index contributed by atoms with van der Waals surface area (Å²) in [5.74, 6) is 0.520. The molecule has 1 heterocycles. The average molecular weight is 214 g/mol. The fourth-order valence-electron chi connectivity index (χ4n) is 1.92. The molecule has 88 valence electrons. The Labute approximate surface area is 91.8 Å². The molecule has 1 aliphatic heterocycles. The zero-order chi connectivity index (χ0) is 11.6. The number of likely N-dealkylation sites (tertiary alicyclic amines) is 1. The number of carbonyl (C=O) groups is 1. The third kappa shape index (κ3) is 3.38. The van der Waals surface area contributed by atoms with Crippen molar-refractivity contribution in [3.63, 3.8) is 0 Å². The van der Waals surface area contributed by atoms with Crippen LogP contribution in [0.15, 0.2) is 0 Å². The summed E-state index contributed by atoms with van der Waals surface area (Å²) in [5.41, 5.74) is 5.21. The first-order valence-electron chi connectivity index (χ1n) is 5.53. The molecule has 0 aliphatic carbocycles. The first-order valence-corrected chi connectivity index (χ1v) is 5.53. The lowest BCUT2D eigenvalue weighted by atomic mass is 10.1. The van der Waals surface area contributed by atoms with Gasteiger partial charge in [0, 0.05) is 19.1 Å². The van der Waals surface area contributed by atoms with E-state index in [1.807, 2.05) is 20.8 Å². The van der Waals surface area contributed by atoms with Crippen molar-refractivity contribution in [2.75, 3.05) is 13.1 Å². The van der Waals surface area contributed by atoms with E-state index in [0.29, 0.717) is 12.5 Å². The van der Waals surface area contributed by atoms with E-state index in [1.165, 1.54) is 0 Å². The van der Waals surface area contributed by atoms with Crippen molar-refractivity contribution >= 4 is 6.09 Å². The molecule has 0 aromatic rings. The molecule has 0 aromatic carbocycles. The van der Waals surface area contributed by atoms with Gasteiger partial charge in [-0.1, -0.05) is 6.92 Å². The van der Waals surface area contributed by atoms with Gasteiger partial charge in [-0.05, 0) is 33.1 Å². The number of nitrogens with zero attached hydrogens (tertiary/aromatic N) is 1. The van der Waals surface area contributed by atoms with Crippen molar-refractivity contribution in [3.05, 3.63) is 0 Å². The number of ether oxygens (including phenoxy) is 1. The highest BCUT2D eigenvalue weighted by molar-refractivity contribution is 5.69. The highest BCUT2D eigenvalue weighted by atomic mass is 16.6. The summed E-state index contributed by atoms with van der Waals surface area (Å²) in [5, 5.41) is 0. The lowest BCUT2D eigenvalue weighted by Gasteiger charge is -2.27. The average Bonchev–Trinajstić information content (AvgIpc) is 2.43. The van der Waals surface area contributed by atoms with Gasteiger partial charge in [-0.3, -0.25) is 0 Å². The van der Waals surface area contributed by atoms with E-state index in [2.05, 4.69) is 6.92 Å². The molecule has 4 nitrogen and oxygen atoms in total. The van der Waals surface area contributed by atoms with Gasteiger partial charge in [-0.15, -0.1) is 0 Å². The number of carbonyl (C=O) groups excluding carboxylic acids is 1. The standard InChI is InChI=1S/C11H22N2O2/c1-8-5-9(6-12)13(7-8)10(14)15-11(2,3)4/h8-9H,5-7,12H2,1-4H3/t8-,9-/m0/s1. The molecule has 1 aliphatic rings. The molecule has 4 heteroatoms. The summed E-state index contributed by atoms with van der Waals surface area (Å²) in [6.07, 6.45) is 0.748. The Bertz CT molecular complexity index is 235. The second kappa shape index (κ2) is 4.39. The Morgan fingerprint density at radius 3 is 2.60 bits per heavy atom. The van der Waals surface area contributed by atoms with Crippen molar-refractivity contribution in [1.29, 1.82) is 0 Å². The molecule has 0 bridgehead atoms. The quantitative estimate of drug-likeness (QED) is 0.721. The van der Waals surface area contributed by atoms with Gasteiger partial charge in [0.2, 0.25) is 0 Å². The minimum atomic E-state index is -0.429. The van der Waals surface area contributed by atoms with Gasteiger partial charge < -0.3 is 15.4 Å². The first-order chi connectivity index (χ1) is 6.83. The van der Waals surface area contributed by atoms with E-state index in [0.717, 1.165) is 13.0 Å². The molecule has 1 saturated heterocycles. The fourth-order valence-corrected chi connectivity index (χ4v) is 1.92. The molecule has 0 radical (unpaired) electrons. The van der Waals surface area contributed by atoms with Crippen LogP contribution in [0.4, 0.5) is 4.79 Å². The number of hydrogen-bond acceptors (Lipinski definition) is 3. The van der Waals surface area contributed by atoms with Crippen LogP contribution in [0.3, 0.4) is 0 Å². The van der Waals surface area contributed by atoms with Crippen LogP contribution in [-0.2, 0) is 4.74 Å². The summed E-state index contributed by atoms with van der Waals surface area (Å²) < 4.78 is 5.33. The van der Waals surface area contributed by atoms with Gasteiger partial charge in [0.15, 0.2) is 0 Å². The van der Waals surface area contributed by atoms with E-state index < -0.39 is 5.60 Å². The van der Waals surface area contributed by atoms with Gasteiger partial charge in [-0.25, -0.2) is 4.79 Å². The van der Waals surface area contributed by atoms with Gasteiger partial charge in [0.1, 0.15) is 5.60 Å². The van der Waals surface area contributed by atoms with Crippen LogP contribution in [0.2, 0.25) is 0 Å². The molecule has 2 N–H and O–H groups in total. The molecule has 0 spiro atoms. The molecular formula is C11H22N2O2. The molecular weight excluding hydrogens is 192 g/mol. The maximum Gasteiger partial charge on any atom is 0.410 e. The van der Waals surface area contributed by atoms with E-state index in [1.54, 1.807) is 4.90 Å². The molecule has 1 rings (SSSR count). The van der Waals surface area contributed by atoms with E-state index >= 15 is 0 Å². The summed E-state index contributed by atoms with van der Waals surface area (Å²) in [6.45, 7) is 9.04. The summed E-state index contributed by atoms with van der Waals surface area (Å²) >= 11 is 0. The van der Waals surface area contributed by atoms with Crippen molar-refractivity contribution in [2.45, 2.75) is 45.8 Å². The summed E-state index contributed by atoms with van der Waals surface area (Å²) in [6, 6.07) is 0.148. The van der Waals surface area contributed by atoms with Gasteiger partial charge in [0.05, 0.1) is 0 Å². The third-order valence-electron chi connectivity index (χ3n) is 2.52. The Morgan fingerprint density at radius 1 is 1.53 bits per heavy atom. The molecule has 1 amide bonds. The second-order valence-electron chi connectivity index (χ2n) is 5.36. The van der Waals surface area contributed by atoms with Gasteiger partial charge >= 0.3 is 6.09 Å². The lowest BCUT2D eigenvalue weighted by molar-refractivity contribution is 0.0228. The molecule has 2 atom stereocenters. The van der Waals surface area contributed by atoms with Crippen LogP contribution in [0.1, 0.15) is 34.1 Å². The molecule has 15 heavy (non-hydrogen) atoms. The van der Waals surface area contributed by atoms with E-state index in [-0.39, 0.29) is 12.1 Å². The highest BCUT2D eigenvalue weighted by Crippen LogP contribution is 2.24. The van der Waals surface area contributed by atoms with E-state index in [9.17, 15) is 4.79 Å². The Morgan fingerprint density at radius 2 is 2.13 bits per heavy atom. The molecule has 0 unspecified atom stereocenters. The van der Waals surface area contributed by atoms with Crippen LogP contribution in [0, 0.1) is 5.92 Å². The lowest BCUT2D eigenvalue weighted by Crippen LogP contribution is -2.42. The maximum absolute atomic E-state index is 11.8. The van der Waals surface area contributed by atoms with Crippen LogP contribution < -0.4 is 5.73 Å². The monoisotopic (exact) mass is 214 g/mol. The van der Waals surface area contributed by atoms with Crippen molar-refractivity contribution in [3.8, 4) is 0 Å². The summed E-state index contributed by atoms with van der Waals surface area (Å²) in [4.78, 5) is 13.6. The number of amides is 1. The largest absolute Gasteiger partial charge is 0.444 e. The van der Waals surface area contributed by atoms with Crippen LogP contribution in [0.25, 0.3) is 0 Å². The number of nitrogens with two attached hydrogens (primary N) is 1. The van der Waals surface area contributed by atoms with Crippen LogP contribution in [0.5, 0.6) is 0 Å². The zero-order valence-electron chi connectivity index (χ0n) is 10.1. The Kier molecular flexibility index (Phi) is 3.60. The van der Waals surface area contributed by atoms with E-state index in [4.69, 9.17) is 10.5 Å². The molecule has 0 aromatic heterocycles. The minimum absolute atomic E-state index is 0.148. The SMILES string of the molecule is C[C@H]1C[C@@H](CN)N(C(=O)OC(C)(C)C)C1. The topological polar surface area (TPSA) is 55.6 Å². The molecule has 0 saturated carbocycles. The zero-order valence-corrected chi connectivity index (χ0v) is 10.1. The Balaban J connectivity index is 2.59. The number of hydrogen-bond donors (Lipinski definition) is 1. The van der Waals surface area contributed by atoms with Gasteiger partial charge in [-0.2, -0.15) is 0 Å². The van der Waals surface area contributed by atoms with Gasteiger partial charge in [0.25, 0.3) is 0 Å². The minimum Gasteiger partial charge on any atom is -0.444 e. The fraction of sp³-hybridized carbons (Fsp3) is 0.909. The van der Waals surface area contributed by atoms with Crippen LogP contribution in [-0.4, -0.2) is 35.7 Å². The third-order valence-corrected chi connectivity index (χ3v) is 2.52. The first kappa shape index (κ1) is 12.3. The smallest absolute Gasteiger partial charge is 0.410 e. The second-order valence-corrected chi connectivity index (χ2v) is 5.36. The van der Waals surface area contributed by atoms with Crippen molar-refractivity contribution in [2.24, 2.45) is 11.7 Å². The highest BCUT2D eigenvalue weighted by Gasteiger charge is 2.34. The maximum atomic E-state index is 11.8. The summed E-state index contributed by atoms with van der Waals surface area (Å²) in [7, 11) is 0. The van der Waals surface area contributed by atoms with Crippen molar-refractivity contribution in [1.82, 2.24) is 4.90 Å². The normalized spacial score (nSPS) is 26.9. The van der Waals surface area contributed by atoms with Crippen molar-refractivity contribution < 1.29 is 9.53 Å². The number of rotatable bonds is 1. The van der Waals surface area contributed by atoms with Crippen LogP contribution >= 0.6 is 0 Å². The predicted octanol–water partition coefficient (Wildman–Crippen LogP) is 1.59. The molecule has 1 fully saturated rings. The Hall–Kier alpha value is -0.770.